The smallest absolute Gasteiger partial charge is 0.258 e. The third-order valence-corrected chi connectivity index (χ3v) is 4.34. The zero-order valence-electron chi connectivity index (χ0n) is 14.2. The standard InChI is InChI=1S/C20H23FN2O2/c21-19-11-5-4-7-16(19)13-23-12-6-8-17(14-23)22-20(24)15-25-18-9-2-1-3-10-18/h1-5,7,9-11,17H,6,8,12-15H2,(H,22,24)/t17-/m1/s1. The minimum Gasteiger partial charge on any atom is -0.484 e. The molecule has 3 rings (SSSR count). The van der Waals surface area contributed by atoms with Crippen LogP contribution in [-0.4, -0.2) is 36.5 Å². The van der Waals surface area contributed by atoms with E-state index in [1.54, 1.807) is 6.07 Å². The monoisotopic (exact) mass is 342 g/mol. The zero-order chi connectivity index (χ0) is 17.5. The number of likely N-dealkylation sites (tertiary alicyclic amines) is 1. The molecule has 1 saturated heterocycles. The second kappa shape index (κ2) is 8.62. The van der Waals surface area contributed by atoms with Crippen LogP contribution < -0.4 is 10.1 Å². The van der Waals surface area contributed by atoms with Crippen LogP contribution in [0.15, 0.2) is 54.6 Å². The molecule has 0 radical (unpaired) electrons. The molecule has 1 aliphatic rings. The Kier molecular flexibility index (Phi) is 6.01. The molecule has 0 aliphatic carbocycles. The minimum absolute atomic E-state index is 0.00776. The maximum absolute atomic E-state index is 13.8. The summed E-state index contributed by atoms with van der Waals surface area (Å²) in [5.41, 5.74) is 0.696. The normalized spacial score (nSPS) is 17.9. The number of rotatable bonds is 6. The average molecular weight is 342 g/mol. The van der Waals surface area contributed by atoms with E-state index < -0.39 is 0 Å². The molecule has 1 aliphatic heterocycles. The van der Waals surface area contributed by atoms with Crippen molar-refractivity contribution in [1.82, 2.24) is 10.2 Å². The number of nitrogens with zero attached hydrogens (tertiary/aromatic N) is 1. The molecule has 5 heteroatoms. The number of nitrogens with one attached hydrogen (secondary N) is 1. The number of carbonyl (C=O) groups excluding carboxylic acids is 1. The summed E-state index contributed by atoms with van der Waals surface area (Å²) in [6, 6.07) is 16.2. The van der Waals surface area contributed by atoms with E-state index >= 15 is 0 Å². The number of benzene rings is 2. The number of hydrogen-bond donors (Lipinski definition) is 1. The molecule has 1 amide bonds. The molecule has 25 heavy (non-hydrogen) atoms. The van der Waals surface area contributed by atoms with Crippen molar-refractivity contribution in [3.63, 3.8) is 0 Å². The van der Waals surface area contributed by atoms with Gasteiger partial charge in [-0.15, -0.1) is 0 Å². The van der Waals surface area contributed by atoms with Gasteiger partial charge in [0.2, 0.25) is 0 Å². The number of piperidine rings is 1. The van der Waals surface area contributed by atoms with Gasteiger partial charge in [0.15, 0.2) is 6.61 Å². The lowest BCUT2D eigenvalue weighted by molar-refractivity contribution is -0.124. The van der Waals surface area contributed by atoms with E-state index in [-0.39, 0.29) is 24.4 Å². The summed E-state index contributed by atoms with van der Waals surface area (Å²) in [5, 5.41) is 3.02. The third kappa shape index (κ3) is 5.29. The van der Waals surface area contributed by atoms with E-state index in [0.717, 1.165) is 25.9 Å². The van der Waals surface area contributed by atoms with E-state index in [4.69, 9.17) is 4.74 Å². The van der Waals surface area contributed by atoms with Gasteiger partial charge >= 0.3 is 0 Å². The van der Waals surface area contributed by atoms with Gasteiger partial charge in [0.25, 0.3) is 5.91 Å². The van der Waals surface area contributed by atoms with Crippen molar-refractivity contribution in [3.8, 4) is 5.75 Å². The summed E-state index contributed by atoms with van der Waals surface area (Å²) in [6.45, 7) is 2.22. The highest BCUT2D eigenvalue weighted by Gasteiger charge is 2.22. The van der Waals surface area contributed by atoms with Gasteiger partial charge in [-0.05, 0) is 37.6 Å². The lowest BCUT2D eigenvalue weighted by atomic mass is 10.0. The molecule has 1 N–H and O–H groups in total. The molecule has 2 aromatic carbocycles. The first kappa shape index (κ1) is 17.4. The molecule has 2 aromatic rings. The SMILES string of the molecule is O=C(COc1ccccc1)N[C@@H]1CCCN(Cc2ccccc2F)C1. The Morgan fingerprint density at radius 3 is 2.72 bits per heavy atom. The van der Waals surface area contributed by atoms with E-state index in [2.05, 4.69) is 10.2 Å². The number of amides is 1. The van der Waals surface area contributed by atoms with E-state index in [1.165, 1.54) is 6.07 Å². The second-order valence-corrected chi connectivity index (χ2v) is 6.33. The summed E-state index contributed by atoms with van der Waals surface area (Å²) in [6.07, 6.45) is 1.92. The van der Waals surface area contributed by atoms with Gasteiger partial charge in [0, 0.05) is 24.7 Å². The molecular formula is C20H23FN2O2. The highest BCUT2D eigenvalue weighted by molar-refractivity contribution is 5.77. The highest BCUT2D eigenvalue weighted by Crippen LogP contribution is 2.16. The highest BCUT2D eigenvalue weighted by atomic mass is 19.1. The van der Waals surface area contributed by atoms with Crippen LogP contribution >= 0.6 is 0 Å². The van der Waals surface area contributed by atoms with Gasteiger partial charge < -0.3 is 10.1 Å². The lowest BCUT2D eigenvalue weighted by Crippen LogP contribution is -2.48. The Hall–Kier alpha value is -2.40. The zero-order valence-corrected chi connectivity index (χ0v) is 14.2. The molecule has 1 atom stereocenters. The number of ether oxygens (including phenoxy) is 1. The Morgan fingerprint density at radius 2 is 1.92 bits per heavy atom. The van der Waals surface area contributed by atoms with E-state index in [1.807, 2.05) is 42.5 Å². The quantitative estimate of drug-likeness (QED) is 0.877. The Morgan fingerprint density at radius 1 is 1.16 bits per heavy atom. The maximum atomic E-state index is 13.8. The molecule has 132 valence electrons. The summed E-state index contributed by atoms with van der Waals surface area (Å²) < 4.78 is 19.3. The van der Waals surface area contributed by atoms with Gasteiger partial charge in [0.05, 0.1) is 0 Å². The largest absolute Gasteiger partial charge is 0.484 e. The van der Waals surface area contributed by atoms with Gasteiger partial charge in [-0.2, -0.15) is 0 Å². The molecule has 0 saturated carbocycles. The number of halogens is 1. The van der Waals surface area contributed by atoms with Crippen molar-refractivity contribution >= 4 is 5.91 Å². The molecule has 0 aromatic heterocycles. The summed E-state index contributed by atoms with van der Waals surface area (Å²) >= 11 is 0. The van der Waals surface area contributed by atoms with Gasteiger partial charge in [-0.25, -0.2) is 4.39 Å². The van der Waals surface area contributed by atoms with E-state index in [9.17, 15) is 9.18 Å². The predicted octanol–water partition coefficient (Wildman–Crippen LogP) is 2.99. The van der Waals surface area contributed by atoms with Crippen LogP contribution in [0.5, 0.6) is 5.75 Å². The average Bonchev–Trinajstić information content (AvgIpc) is 2.63. The van der Waals surface area contributed by atoms with Crippen LogP contribution in [0.1, 0.15) is 18.4 Å². The van der Waals surface area contributed by atoms with Gasteiger partial charge in [-0.1, -0.05) is 36.4 Å². The van der Waals surface area contributed by atoms with Crippen LogP contribution in [-0.2, 0) is 11.3 Å². The van der Waals surface area contributed by atoms with Crippen molar-refractivity contribution in [2.45, 2.75) is 25.4 Å². The number of carbonyl (C=O) groups is 1. The van der Waals surface area contributed by atoms with Crippen molar-refractivity contribution in [3.05, 3.63) is 66.0 Å². The Bertz CT molecular complexity index is 693. The maximum Gasteiger partial charge on any atom is 0.258 e. The van der Waals surface area contributed by atoms with Crippen LogP contribution in [0.4, 0.5) is 4.39 Å². The molecule has 4 nitrogen and oxygen atoms in total. The fourth-order valence-electron chi connectivity index (χ4n) is 3.12. The summed E-state index contributed by atoms with van der Waals surface area (Å²) in [4.78, 5) is 14.3. The van der Waals surface area contributed by atoms with E-state index in [0.29, 0.717) is 17.9 Å². The van der Waals surface area contributed by atoms with Crippen LogP contribution in [0.3, 0.4) is 0 Å². The first-order valence-electron chi connectivity index (χ1n) is 8.63. The summed E-state index contributed by atoms with van der Waals surface area (Å²) in [5.74, 6) is 0.383. The molecule has 0 spiro atoms. The molecular weight excluding hydrogens is 319 g/mol. The van der Waals surface area contributed by atoms with Crippen molar-refractivity contribution in [2.24, 2.45) is 0 Å². The summed E-state index contributed by atoms with van der Waals surface area (Å²) in [7, 11) is 0. The third-order valence-electron chi connectivity index (χ3n) is 4.34. The van der Waals surface area contributed by atoms with Crippen molar-refractivity contribution in [1.29, 1.82) is 0 Å². The number of para-hydroxylation sites is 1. The molecule has 1 heterocycles. The first-order chi connectivity index (χ1) is 12.2. The Labute approximate surface area is 147 Å². The van der Waals surface area contributed by atoms with Gasteiger partial charge in [0.1, 0.15) is 11.6 Å². The van der Waals surface area contributed by atoms with Crippen LogP contribution in [0.2, 0.25) is 0 Å². The fraction of sp³-hybridized carbons (Fsp3) is 0.350. The minimum atomic E-state index is -0.176. The van der Waals surface area contributed by atoms with Gasteiger partial charge in [-0.3, -0.25) is 9.69 Å². The molecule has 1 fully saturated rings. The topological polar surface area (TPSA) is 41.6 Å². The lowest BCUT2D eigenvalue weighted by Gasteiger charge is -2.33. The Balaban J connectivity index is 1.46. The first-order valence-corrected chi connectivity index (χ1v) is 8.63. The van der Waals surface area contributed by atoms with Crippen LogP contribution in [0, 0.1) is 5.82 Å². The van der Waals surface area contributed by atoms with Crippen LogP contribution in [0.25, 0.3) is 0 Å². The molecule has 0 unspecified atom stereocenters. The second-order valence-electron chi connectivity index (χ2n) is 6.33. The fourth-order valence-corrected chi connectivity index (χ4v) is 3.12. The van der Waals surface area contributed by atoms with Crippen molar-refractivity contribution < 1.29 is 13.9 Å². The number of hydrogen-bond acceptors (Lipinski definition) is 3. The van der Waals surface area contributed by atoms with Crippen molar-refractivity contribution in [2.75, 3.05) is 19.7 Å². The molecule has 0 bridgehead atoms. The predicted molar refractivity (Wildman–Crippen MR) is 94.8 cm³/mol.